The molecule has 0 aromatic rings. The van der Waals surface area contributed by atoms with Crippen LogP contribution < -0.4 is 0 Å². The first-order chi connectivity index (χ1) is 7.75. The van der Waals surface area contributed by atoms with Crippen LogP contribution in [0.25, 0.3) is 0 Å². The Labute approximate surface area is 96.6 Å². The second-order valence-electron chi connectivity index (χ2n) is 3.31. The van der Waals surface area contributed by atoms with Gasteiger partial charge in [-0.05, 0) is 13.3 Å². The van der Waals surface area contributed by atoms with Gasteiger partial charge in [0.2, 0.25) is 0 Å². The van der Waals surface area contributed by atoms with Crippen LogP contribution in [0.2, 0.25) is 0 Å². The number of ether oxygens (including phenoxy) is 1. The quantitative estimate of drug-likeness (QED) is 0.448. The summed E-state index contributed by atoms with van der Waals surface area (Å²) in [5, 5.41) is 6.87. The number of carbonyl (C=O) groups is 2. The molecular formula is C10H14F3NO3. The Morgan fingerprint density at radius 2 is 1.82 bits per heavy atom. The summed E-state index contributed by atoms with van der Waals surface area (Å²) >= 11 is 0. The van der Waals surface area contributed by atoms with Gasteiger partial charge in [-0.15, -0.1) is 0 Å². The van der Waals surface area contributed by atoms with Crippen molar-refractivity contribution in [1.82, 2.24) is 0 Å². The molecular weight excluding hydrogens is 239 g/mol. The van der Waals surface area contributed by atoms with E-state index in [1.807, 2.05) is 0 Å². The Balaban J connectivity index is 5.05. The molecule has 0 bridgehead atoms. The maximum absolute atomic E-state index is 12.3. The van der Waals surface area contributed by atoms with E-state index in [0.717, 1.165) is 0 Å². The highest BCUT2D eigenvalue weighted by atomic mass is 19.4. The summed E-state index contributed by atoms with van der Waals surface area (Å²) in [5.74, 6) is -4.41. The molecule has 1 N–H and O–H groups in total. The summed E-state index contributed by atoms with van der Waals surface area (Å²) in [7, 11) is 0. The number of halogens is 3. The van der Waals surface area contributed by atoms with E-state index in [0.29, 0.717) is 6.42 Å². The van der Waals surface area contributed by atoms with Gasteiger partial charge in [-0.2, -0.15) is 13.2 Å². The van der Waals surface area contributed by atoms with Crippen molar-refractivity contribution >= 4 is 17.5 Å². The molecule has 0 spiro atoms. The molecule has 0 aliphatic carbocycles. The van der Waals surface area contributed by atoms with Crippen molar-refractivity contribution in [3.63, 3.8) is 0 Å². The topological polar surface area (TPSA) is 67.2 Å². The zero-order chi connectivity index (χ0) is 13.6. The summed E-state index contributed by atoms with van der Waals surface area (Å²) in [5.41, 5.74) is -1.87. The van der Waals surface area contributed by atoms with Gasteiger partial charge in [-0.25, -0.2) is 0 Å². The normalized spacial score (nSPS) is 13.0. The highest BCUT2D eigenvalue weighted by Gasteiger charge is 2.46. The van der Waals surface area contributed by atoms with Gasteiger partial charge in [0.1, 0.15) is 5.71 Å². The first-order valence-electron chi connectivity index (χ1n) is 5.10. The number of hydrogen-bond donors (Lipinski definition) is 1. The predicted molar refractivity (Wildman–Crippen MR) is 53.8 cm³/mol. The second kappa shape index (κ2) is 6.36. The predicted octanol–water partition coefficient (Wildman–Crippen LogP) is 2.12. The molecule has 0 aliphatic rings. The molecule has 0 amide bonds. The lowest BCUT2D eigenvalue weighted by Gasteiger charge is -2.17. The van der Waals surface area contributed by atoms with E-state index in [1.54, 1.807) is 6.92 Å². The number of carbonyl (C=O) groups excluding carboxylic acids is 2. The summed E-state index contributed by atoms with van der Waals surface area (Å²) in [4.78, 5) is 22.7. The molecule has 0 aromatic heterocycles. The van der Waals surface area contributed by atoms with Crippen molar-refractivity contribution in [3.05, 3.63) is 0 Å². The Morgan fingerprint density at radius 1 is 1.29 bits per heavy atom. The van der Waals surface area contributed by atoms with Crippen molar-refractivity contribution in [3.8, 4) is 0 Å². The Kier molecular flexibility index (Phi) is 5.84. The van der Waals surface area contributed by atoms with Gasteiger partial charge in [0.25, 0.3) is 0 Å². The fourth-order valence-corrected chi connectivity index (χ4v) is 1.19. The van der Waals surface area contributed by atoms with Gasteiger partial charge in [0.05, 0.1) is 6.61 Å². The fourth-order valence-electron chi connectivity index (χ4n) is 1.19. The third-order valence-corrected chi connectivity index (χ3v) is 1.93. The smallest absolute Gasteiger partial charge is 0.430 e. The number of hydrogen-bond acceptors (Lipinski definition) is 4. The molecule has 0 heterocycles. The summed E-state index contributed by atoms with van der Waals surface area (Å²) < 4.78 is 41.3. The van der Waals surface area contributed by atoms with Crippen LogP contribution in [-0.4, -0.2) is 30.2 Å². The van der Waals surface area contributed by atoms with Gasteiger partial charge in [-0.1, -0.05) is 6.92 Å². The summed E-state index contributed by atoms with van der Waals surface area (Å²) in [6.45, 7) is 2.87. The molecule has 0 aromatic carbocycles. The van der Waals surface area contributed by atoms with E-state index in [-0.39, 0.29) is 13.0 Å². The molecule has 0 radical (unpaired) electrons. The monoisotopic (exact) mass is 253 g/mol. The lowest BCUT2D eigenvalue weighted by molar-refractivity contribution is -0.150. The van der Waals surface area contributed by atoms with Crippen LogP contribution in [-0.2, 0) is 14.3 Å². The van der Waals surface area contributed by atoms with Gasteiger partial charge in [0, 0.05) is 6.42 Å². The lowest BCUT2D eigenvalue weighted by atomic mass is 9.95. The van der Waals surface area contributed by atoms with E-state index < -0.39 is 29.6 Å². The van der Waals surface area contributed by atoms with Gasteiger partial charge in [0.15, 0.2) is 11.7 Å². The maximum Gasteiger partial charge on any atom is 0.430 e. The number of alkyl halides is 3. The number of esters is 1. The van der Waals surface area contributed by atoms with Crippen molar-refractivity contribution < 1.29 is 27.5 Å². The Hall–Kier alpha value is -1.40. The van der Waals surface area contributed by atoms with Crippen LogP contribution in [0.15, 0.2) is 0 Å². The molecule has 0 fully saturated rings. The summed E-state index contributed by atoms with van der Waals surface area (Å²) in [6.07, 6.45) is -4.89. The molecule has 17 heavy (non-hydrogen) atoms. The molecule has 1 unspecified atom stereocenters. The minimum absolute atomic E-state index is 0.139. The minimum atomic E-state index is -5.00. The molecule has 1 atom stereocenters. The van der Waals surface area contributed by atoms with Gasteiger partial charge in [-0.3, -0.25) is 15.0 Å². The number of ketones is 1. The van der Waals surface area contributed by atoms with Crippen LogP contribution in [0, 0.1) is 11.3 Å². The number of nitrogens with one attached hydrogen (secondary N) is 1. The van der Waals surface area contributed by atoms with E-state index in [9.17, 15) is 22.8 Å². The van der Waals surface area contributed by atoms with Crippen molar-refractivity contribution in [2.45, 2.75) is 32.9 Å². The highest BCUT2D eigenvalue weighted by Crippen LogP contribution is 2.23. The average Bonchev–Trinajstić information content (AvgIpc) is 2.17. The standard InChI is InChI=1S/C10H14F3NO3/c1-3-5-6(15)7(9(16)17-4-2)8(14)10(11,12)13/h7,14H,3-5H2,1-2H3. The number of rotatable bonds is 6. The van der Waals surface area contributed by atoms with E-state index in [1.165, 1.54) is 6.92 Å². The van der Waals surface area contributed by atoms with Crippen molar-refractivity contribution in [2.24, 2.45) is 5.92 Å². The van der Waals surface area contributed by atoms with Crippen LogP contribution in [0.5, 0.6) is 0 Å². The fraction of sp³-hybridized carbons (Fsp3) is 0.700. The van der Waals surface area contributed by atoms with Gasteiger partial charge >= 0.3 is 12.1 Å². The highest BCUT2D eigenvalue weighted by molar-refractivity contribution is 6.19. The Bertz CT molecular complexity index is 294. The lowest BCUT2D eigenvalue weighted by Crippen LogP contribution is -2.40. The molecule has 0 saturated carbocycles. The molecule has 0 aliphatic heterocycles. The largest absolute Gasteiger partial charge is 0.465 e. The molecule has 7 heteroatoms. The maximum atomic E-state index is 12.3. The van der Waals surface area contributed by atoms with Gasteiger partial charge < -0.3 is 4.74 Å². The SMILES string of the molecule is CCCC(=O)C(C(=N)C(F)(F)F)C(=O)OCC. The molecule has 0 saturated heterocycles. The van der Waals surface area contributed by atoms with Crippen molar-refractivity contribution in [2.75, 3.05) is 6.61 Å². The third-order valence-electron chi connectivity index (χ3n) is 1.93. The zero-order valence-corrected chi connectivity index (χ0v) is 9.56. The zero-order valence-electron chi connectivity index (χ0n) is 9.56. The molecule has 98 valence electrons. The number of Topliss-reactive ketones (excluding diaryl/α,β-unsaturated/α-hetero) is 1. The molecule has 4 nitrogen and oxygen atoms in total. The van der Waals surface area contributed by atoms with E-state index >= 15 is 0 Å². The second-order valence-corrected chi connectivity index (χ2v) is 3.31. The first-order valence-corrected chi connectivity index (χ1v) is 5.10. The third kappa shape index (κ3) is 4.54. The summed E-state index contributed by atoms with van der Waals surface area (Å²) in [6, 6.07) is 0. The van der Waals surface area contributed by atoms with Crippen LogP contribution >= 0.6 is 0 Å². The Morgan fingerprint density at radius 3 is 2.18 bits per heavy atom. The van der Waals surface area contributed by atoms with Crippen LogP contribution in [0.1, 0.15) is 26.7 Å². The first kappa shape index (κ1) is 15.6. The minimum Gasteiger partial charge on any atom is -0.465 e. The van der Waals surface area contributed by atoms with Crippen molar-refractivity contribution in [1.29, 1.82) is 5.41 Å². The molecule has 0 rings (SSSR count). The van der Waals surface area contributed by atoms with E-state index in [4.69, 9.17) is 5.41 Å². The van der Waals surface area contributed by atoms with E-state index in [2.05, 4.69) is 4.74 Å². The average molecular weight is 253 g/mol. The van der Waals surface area contributed by atoms with Crippen LogP contribution in [0.3, 0.4) is 0 Å². The van der Waals surface area contributed by atoms with Crippen LogP contribution in [0.4, 0.5) is 13.2 Å².